The summed E-state index contributed by atoms with van der Waals surface area (Å²) in [5.41, 5.74) is 1.01. The Kier molecular flexibility index (Phi) is 3.37. The third-order valence-electron chi connectivity index (χ3n) is 3.53. The number of hydrogen-bond donors (Lipinski definition) is 0. The van der Waals surface area contributed by atoms with E-state index in [1.165, 1.54) is 0 Å². The molecule has 3 atom stereocenters. The number of aryl methyl sites for hydroxylation is 1. The molecule has 1 aromatic heterocycles. The van der Waals surface area contributed by atoms with Crippen LogP contribution < -0.4 is 4.74 Å². The maximum Gasteiger partial charge on any atom is 0.348 e. The van der Waals surface area contributed by atoms with E-state index >= 15 is 0 Å². The number of aromatic nitrogens is 2. The van der Waals surface area contributed by atoms with Crippen LogP contribution >= 0.6 is 0 Å². The number of fused-ring (bicyclic) bond motifs is 1. The van der Waals surface area contributed by atoms with E-state index in [2.05, 4.69) is 10.1 Å². The first kappa shape index (κ1) is 13.6. The van der Waals surface area contributed by atoms with Crippen molar-refractivity contribution in [3.63, 3.8) is 0 Å². The Labute approximate surface area is 122 Å². The summed E-state index contributed by atoms with van der Waals surface area (Å²) in [5, 5.41) is 3.68. The lowest BCUT2D eigenvalue weighted by atomic mass is 9.98. The van der Waals surface area contributed by atoms with Gasteiger partial charge in [0.25, 0.3) is 5.89 Å². The third-order valence-corrected chi connectivity index (χ3v) is 3.53. The first-order valence-corrected chi connectivity index (χ1v) is 6.82. The van der Waals surface area contributed by atoms with Crippen LogP contribution in [0, 0.1) is 6.92 Å². The SMILES string of the molecule is Cc1noc(C(C)OC(=O)C2Oc3ccccc3C2C)n1. The Morgan fingerprint density at radius 3 is 2.81 bits per heavy atom. The third kappa shape index (κ3) is 2.49. The Morgan fingerprint density at radius 2 is 2.14 bits per heavy atom. The van der Waals surface area contributed by atoms with Crippen molar-refractivity contribution in [2.75, 3.05) is 0 Å². The fraction of sp³-hybridized carbons (Fsp3) is 0.400. The smallest absolute Gasteiger partial charge is 0.348 e. The highest BCUT2D eigenvalue weighted by Gasteiger charge is 2.38. The number of nitrogens with zero attached hydrogens (tertiary/aromatic N) is 2. The number of rotatable bonds is 3. The van der Waals surface area contributed by atoms with Crippen molar-refractivity contribution in [2.45, 2.75) is 38.9 Å². The lowest BCUT2D eigenvalue weighted by Gasteiger charge is -2.16. The van der Waals surface area contributed by atoms with Crippen LogP contribution in [0.25, 0.3) is 0 Å². The highest BCUT2D eigenvalue weighted by atomic mass is 16.6. The molecule has 0 amide bonds. The molecule has 1 aromatic carbocycles. The molecule has 0 N–H and O–H groups in total. The molecule has 0 spiro atoms. The molecule has 3 rings (SSSR count). The van der Waals surface area contributed by atoms with Gasteiger partial charge in [-0.1, -0.05) is 30.3 Å². The van der Waals surface area contributed by atoms with E-state index in [-0.39, 0.29) is 11.8 Å². The van der Waals surface area contributed by atoms with Gasteiger partial charge in [0.2, 0.25) is 6.10 Å². The van der Waals surface area contributed by atoms with E-state index in [1.807, 2.05) is 31.2 Å². The summed E-state index contributed by atoms with van der Waals surface area (Å²) in [6.45, 7) is 5.34. The van der Waals surface area contributed by atoms with Gasteiger partial charge in [0.15, 0.2) is 11.9 Å². The Hall–Kier alpha value is -2.37. The fourth-order valence-electron chi connectivity index (χ4n) is 2.39. The largest absolute Gasteiger partial charge is 0.478 e. The van der Waals surface area contributed by atoms with Gasteiger partial charge in [0.05, 0.1) is 0 Å². The molecule has 21 heavy (non-hydrogen) atoms. The molecule has 2 heterocycles. The Morgan fingerprint density at radius 1 is 1.38 bits per heavy atom. The summed E-state index contributed by atoms with van der Waals surface area (Å²) in [7, 11) is 0. The van der Waals surface area contributed by atoms with Gasteiger partial charge in [-0.15, -0.1) is 0 Å². The van der Waals surface area contributed by atoms with Crippen LogP contribution in [-0.4, -0.2) is 22.2 Å². The van der Waals surface area contributed by atoms with Crippen LogP contribution in [0.3, 0.4) is 0 Å². The number of para-hydroxylation sites is 1. The average molecular weight is 288 g/mol. The summed E-state index contributed by atoms with van der Waals surface area (Å²) in [6.07, 6.45) is -1.24. The molecule has 110 valence electrons. The van der Waals surface area contributed by atoms with E-state index in [0.717, 1.165) is 11.3 Å². The summed E-state index contributed by atoms with van der Waals surface area (Å²) in [4.78, 5) is 16.3. The molecule has 0 saturated heterocycles. The van der Waals surface area contributed by atoms with Crippen LogP contribution in [0.4, 0.5) is 0 Å². The zero-order valence-corrected chi connectivity index (χ0v) is 12.1. The van der Waals surface area contributed by atoms with Crippen molar-refractivity contribution in [1.82, 2.24) is 10.1 Å². The standard InChI is InChI=1S/C15H16N2O4/c1-8-11-6-4-5-7-12(11)20-13(8)15(18)19-9(2)14-16-10(3)17-21-14/h4-9,13H,1-3H3. The number of esters is 1. The number of hydrogen-bond acceptors (Lipinski definition) is 6. The molecule has 3 unspecified atom stereocenters. The molecule has 1 aliphatic rings. The van der Waals surface area contributed by atoms with Crippen molar-refractivity contribution in [3.8, 4) is 5.75 Å². The summed E-state index contributed by atoms with van der Waals surface area (Å²) >= 11 is 0. The highest BCUT2D eigenvalue weighted by molar-refractivity contribution is 5.78. The normalized spacial score (nSPS) is 21.5. The molecular formula is C15H16N2O4. The van der Waals surface area contributed by atoms with E-state index in [9.17, 15) is 4.79 Å². The van der Waals surface area contributed by atoms with Crippen LogP contribution in [-0.2, 0) is 9.53 Å². The van der Waals surface area contributed by atoms with Gasteiger partial charge >= 0.3 is 5.97 Å². The predicted octanol–water partition coefficient (Wildman–Crippen LogP) is 2.55. The lowest BCUT2D eigenvalue weighted by molar-refractivity contribution is -0.158. The van der Waals surface area contributed by atoms with Gasteiger partial charge in [-0.2, -0.15) is 4.98 Å². The van der Waals surface area contributed by atoms with E-state index in [0.29, 0.717) is 5.82 Å². The topological polar surface area (TPSA) is 74.5 Å². The van der Waals surface area contributed by atoms with Gasteiger partial charge in [0.1, 0.15) is 5.75 Å². The maximum atomic E-state index is 12.3. The second-order valence-electron chi connectivity index (χ2n) is 5.12. The molecule has 1 aliphatic heterocycles. The predicted molar refractivity (Wildman–Crippen MR) is 72.8 cm³/mol. The van der Waals surface area contributed by atoms with Crippen LogP contribution in [0.2, 0.25) is 0 Å². The fourth-order valence-corrected chi connectivity index (χ4v) is 2.39. The zero-order valence-electron chi connectivity index (χ0n) is 12.1. The van der Waals surface area contributed by atoms with Crippen molar-refractivity contribution < 1.29 is 18.8 Å². The van der Waals surface area contributed by atoms with Gasteiger partial charge in [-0.3, -0.25) is 0 Å². The molecule has 0 bridgehead atoms. The van der Waals surface area contributed by atoms with Crippen molar-refractivity contribution in [3.05, 3.63) is 41.5 Å². The Bertz CT molecular complexity index is 667. The minimum atomic E-state index is -0.645. The molecule has 2 aromatic rings. The molecule has 0 radical (unpaired) electrons. The zero-order chi connectivity index (χ0) is 15.0. The first-order chi connectivity index (χ1) is 10.1. The van der Waals surface area contributed by atoms with Gasteiger partial charge in [-0.25, -0.2) is 4.79 Å². The molecule has 0 fully saturated rings. The van der Waals surface area contributed by atoms with Crippen LogP contribution in [0.5, 0.6) is 5.75 Å². The van der Waals surface area contributed by atoms with E-state index in [4.69, 9.17) is 14.0 Å². The lowest BCUT2D eigenvalue weighted by Crippen LogP contribution is -2.30. The second-order valence-corrected chi connectivity index (χ2v) is 5.12. The quantitative estimate of drug-likeness (QED) is 0.808. The number of benzene rings is 1. The summed E-state index contributed by atoms with van der Waals surface area (Å²) < 4.78 is 16.1. The van der Waals surface area contributed by atoms with Crippen molar-refractivity contribution in [2.24, 2.45) is 0 Å². The van der Waals surface area contributed by atoms with Crippen molar-refractivity contribution >= 4 is 5.97 Å². The highest BCUT2D eigenvalue weighted by Crippen LogP contribution is 2.38. The second kappa shape index (κ2) is 5.20. The number of carbonyl (C=O) groups is 1. The number of carbonyl (C=O) groups excluding carboxylic acids is 1. The molecule has 0 aliphatic carbocycles. The minimum Gasteiger partial charge on any atom is -0.478 e. The molecule has 6 nitrogen and oxygen atoms in total. The Balaban J connectivity index is 1.70. The molecular weight excluding hydrogens is 272 g/mol. The van der Waals surface area contributed by atoms with Gasteiger partial charge in [-0.05, 0) is 19.9 Å². The number of ether oxygens (including phenoxy) is 2. The van der Waals surface area contributed by atoms with Crippen molar-refractivity contribution in [1.29, 1.82) is 0 Å². The summed E-state index contributed by atoms with van der Waals surface area (Å²) in [6, 6.07) is 7.61. The monoisotopic (exact) mass is 288 g/mol. The summed E-state index contributed by atoms with van der Waals surface area (Å²) in [5.74, 6) is 1.04. The molecule has 6 heteroatoms. The van der Waals surface area contributed by atoms with E-state index < -0.39 is 18.2 Å². The van der Waals surface area contributed by atoms with Gasteiger partial charge < -0.3 is 14.0 Å². The van der Waals surface area contributed by atoms with Gasteiger partial charge in [0, 0.05) is 11.5 Å². The molecule has 0 saturated carbocycles. The van der Waals surface area contributed by atoms with Crippen LogP contribution in [0.15, 0.2) is 28.8 Å². The minimum absolute atomic E-state index is 0.0506. The van der Waals surface area contributed by atoms with E-state index in [1.54, 1.807) is 13.8 Å². The first-order valence-electron chi connectivity index (χ1n) is 6.82. The van der Waals surface area contributed by atoms with Crippen LogP contribution in [0.1, 0.15) is 43.1 Å². The average Bonchev–Trinajstić information content (AvgIpc) is 3.04. The maximum absolute atomic E-state index is 12.3.